The summed E-state index contributed by atoms with van der Waals surface area (Å²) in [6.07, 6.45) is 2.44. The molecule has 5 heteroatoms. The molecule has 4 unspecified atom stereocenters. The van der Waals surface area contributed by atoms with Gasteiger partial charge in [0.1, 0.15) is 0 Å². The maximum Gasteiger partial charge on any atom is 0.513 e. The summed E-state index contributed by atoms with van der Waals surface area (Å²) in [4.78, 5) is 26.7. The fourth-order valence-electron chi connectivity index (χ4n) is 7.14. The summed E-state index contributed by atoms with van der Waals surface area (Å²) in [5.41, 5.74) is 1.66. The SMILES string of the molecule is CCC1(C(=O)OC(=O)O)CC2C3Cc4ccccc4[C@@]2(C)CC1(CC)N3C. The molecule has 4 aliphatic rings. The van der Waals surface area contributed by atoms with Gasteiger partial charge in [-0.05, 0) is 61.6 Å². The molecule has 2 saturated heterocycles. The molecule has 4 bridgehead atoms. The molecule has 2 aliphatic heterocycles. The molecule has 1 saturated carbocycles. The van der Waals surface area contributed by atoms with Crippen molar-refractivity contribution in [2.24, 2.45) is 11.3 Å². The molecule has 1 aromatic carbocycles. The molecule has 146 valence electrons. The standard InChI is InChI=1S/C22H29NO4/c1-5-21(18(24)27-19(25)26)12-16-17-11-14-9-7-8-10-15(14)20(16,3)13-22(21,6-2)23(17)4/h7-10,16-17H,5-6,11-13H2,1-4H3,(H,25,26)/t16?,17?,20-,21?,22?/m1/s1. The number of fused-ring (bicyclic) bond motifs is 2. The minimum absolute atomic E-state index is 0.00417. The van der Waals surface area contributed by atoms with Gasteiger partial charge in [0.05, 0.1) is 5.41 Å². The van der Waals surface area contributed by atoms with Crippen LogP contribution in [0.5, 0.6) is 0 Å². The van der Waals surface area contributed by atoms with Crippen molar-refractivity contribution in [2.75, 3.05) is 7.05 Å². The number of carbonyl (C=O) groups is 2. The fourth-order valence-corrected chi connectivity index (χ4v) is 7.14. The number of hydrogen-bond acceptors (Lipinski definition) is 4. The number of nitrogens with zero attached hydrogens (tertiary/aromatic N) is 1. The molecule has 0 aromatic heterocycles. The minimum atomic E-state index is -1.50. The zero-order valence-corrected chi connectivity index (χ0v) is 16.6. The first-order valence-electron chi connectivity index (χ1n) is 10.0. The molecular formula is C22H29NO4. The van der Waals surface area contributed by atoms with Gasteiger partial charge in [-0.1, -0.05) is 45.0 Å². The number of piperidine rings is 2. The highest BCUT2D eigenvalue weighted by Crippen LogP contribution is 2.68. The molecule has 1 aromatic rings. The number of esters is 1. The van der Waals surface area contributed by atoms with Crippen molar-refractivity contribution in [3.05, 3.63) is 35.4 Å². The van der Waals surface area contributed by atoms with Gasteiger partial charge in [-0.3, -0.25) is 9.69 Å². The van der Waals surface area contributed by atoms with Gasteiger partial charge in [0.25, 0.3) is 0 Å². The van der Waals surface area contributed by atoms with E-state index in [9.17, 15) is 9.59 Å². The maximum absolute atomic E-state index is 13.1. The fraction of sp³-hybridized carbons (Fsp3) is 0.636. The predicted octanol–water partition coefficient (Wildman–Crippen LogP) is 3.99. The van der Waals surface area contributed by atoms with E-state index >= 15 is 0 Å². The van der Waals surface area contributed by atoms with E-state index in [1.54, 1.807) is 0 Å². The van der Waals surface area contributed by atoms with Crippen LogP contribution in [0.2, 0.25) is 0 Å². The van der Waals surface area contributed by atoms with Crippen LogP contribution in [0.1, 0.15) is 57.6 Å². The minimum Gasteiger partial charge on any atom is -0.449 e. The number of carbonyl (C=O) groups excluding carboxylic acids is 1. The Balaban J connectivity index is 1.89. The van der Waals surface area contributed by atoms with Gasteiger partial charge < -0.3 is 9.84 Å². The summed E-state index contributed by atoms with van der Waals surface area (Å²) in [5.74, 6) is -0.252. The van der Waals surface area contributed by atoms with E-state index in [4.69, 9.17) is 9.84 Å². The van der Waals surface area contributed by atoms with Crippen LogP contribution in [0.3, 0.4) is 0 Å². The Morgan fingerprint density at radius 3 is 2.59 bits per heavy atom. The first kappa shape index (κ1) is 18.5. The van der Waals surface area contributed by atoms with Crippen molar-refractivity contribution >= 4 is 12.1 Å². The van der Waals surface area contributed by atoms with Crippen LogP contribution >= 0.6 is 0 Å². The van der Waals surface area contributed by atoms with Gasteiger partial charge in [-0.25, -0.2) is 4.79 Å². The van der Waals surface area contributed by atoms with E-state index in [0.717, 1.165) is 19.3 Å². The number of likely N-dealkylation sites (N-methyl/N-ethyl adjacent to an activating group) is 1. The molecule has 2 aliphatic carbocycles. The third-order valence-electron chi connectivity index (χ3n) is 8.40. The highest BCUT2D eigenvalue weighted by Gasteiger charge is 2.72. The highest BCUT2D eigenvalue weighted by atomic mass is 16.7. The Hall–Kier alpha value is -1.88. The highest BCUT2D eigenvalue weighted by molar-refractivity contribution is 5.87. The van der Waals surface area contributed by atoms with Crippen LogP contribution in [0, 0.1) is 11.3 Å². The van der Waals surface area contributed by atoms with Gasteiger partial charge in [-0.15, -0.1) is 0 Å². The molecule has 5 nitrogen and oxygen atoms in total. The molecule has 5 atom stereocenters. The second kappa shape index (κ2) is 5.81. The topological polar surface area (TPSA) is 66.8 Å². The largest absolute Gasteiger partial charge is 0.513 e. The zero-order chi connectivity index (χ0) is 19.6. The van der Waals surface area contributed by atoms with E-state index in [1.807, 2.05) is 6.92 Å². The number of ether oxygens (including phenoxy) is 1. The van der Waals surface area contributed by atoms with Crippen LogP contribution in [0.4, 0.5) is 4.79 Å². The molecule has 5 rings (SSSR count). The molecule has 3 fully saturated rings. The zero-order valence-electron chi connectivity index (χ0n) is 16.6. The van der Waals surface area contributed by atoms with E-state index < -0.39 is 23.1 Å². The third-order valence-corrected chi connectivity index (χ3v) is 8.40. The van der Waals surface area contributed by atoms with Gasteiger partial charge in [0.2, 0.25) is 0 Å². The number of rotatable bonds is 3. The van der Waals surface area contributed by atoms with Crippen LogP contribution < -0.4 is 0 Å². The Labute approximate surface area is 160 Å². The Morgan fingerprint density at radius 2 is 1.96 bits per heavy atom. The summed E-state index contributed by atoms with van der Waals surface area (Å²) >= 11 is 0. The molecule has 27 heavy (non-hydrogen) atoms. The number of hydrogen-bond donors (Lipinski definition) is 1. The summed E-state index contributed by atoms with van der Waals surface area (Å²) in [6, 6.07) is 9.07. The van der Waals surface area contributed by atoms with Gasteiger partial charge in [0.15, 0.2) is 0 Å². The monoisotopic (exact) mass is 371 g/mol. The quantitative estimate of drug-likeness (QED) is 0.643. The third kappa shape index (κ3) is 2.09. The van der Waals surface area contributed by atoms with Gasteiger partial charge in [0, 0.05) is 11.6 Å². The second-order valence-corrected chi connectivity index (χ2v) is 8.92. The summed E-state index contributed by atoms with van der Waals surface area (Å²) in [6.45, 7) is 6.48. The molecule has 2 heterocycles. The number of benzene rings is 1. The molecule has 0 spiro atoms. The van der Waals surface area contributed by atoms with Crippen molar-refractivity contribution < 1.29 is 19.4 Å². The molecule has 0 radical (unpaired) electrons. The van der Waals surface area contributed by atoms with Crippen molar-refractivity contribution in [3.8, 4) is 0 Å². The lowest BCUT2D eigenvalue weighted by molar-refractivity contribution is -0.216. The number of carboxylic acid groups (broad SMARTS) is 1. The lowest BCUT2D eigenvalue weighted by Crippen LogP contribution is -2.79. The van der Waals surface area contributed by atoms with Crippen LogP contribution in [0.25, 0.3) is 0 Å². The van der Waals surface area contributed by atoms with Crippen molar-refractivity contribution in [2.45, 2.75) is 69.9 Å². The van der Waals surface area contributed by atoms with E-state index in [2.05, 4.69) is 50.1 Å². The van der Waals surface area contributed by atoms with Crippen molar-refractivity contribution in [1.82, 2.24) is 4.90 Å². The lowest BCUT2D eigenvalue weighted by Gasteiger charge is -2.72. The lowest BCUT2D eigenvalue weighted by atomic mass is 9.40. The average Bonchev–Trinajstić information content (AvgIpc) is 2.64. The van der Waals surface area contributed by atoms with Crippen LogP contribution in [-0.2, 0) is 21.4 Å². The summed E-state index contributed by atoms with van der Waals surface area (Å²) in [7, 11) is 2.13. The van der Waals surface area contributed by atoms with Crippen molar-refractivity contribution in [1.29, 1.82) is 0 Å². The average molecular weight is 371 g/mol. The van der Waals surface area contributed by atoms with Crippen molar-refractivity contribution in [3.63, 3.8) is 0 Å². The Kier molecular flexibility index (Phi) is 3.97. The predicted molar refractivity (Wildman–Crippen MR) is 102 cm³/mol. The maximum atomic E-state index is 13.1. The van der Waals surface area contributed by atoms with Gasteiger partial charge in [-0.2, -0.15) is 0 Å². The first-order chi connectivity index (χ1) is 12.8. The summed E-state index contributed by atoms with van der Waals surface area (Å²) < 4.78 is 4.79. The second-order valence-electron chi connectivity index (χ2n) is 8.92. The first-order valence-corrected chi connectivity index (χ1v) is 10.0. The Morgan fingerprint density at radius 1 is 1.26 bits per heavy atom. The Bertz CT molecular complexity index is 807. The summed E-state index contributed by atoms with van der Waals surface area (Å²) in [5, 5.41) is 9.10. The van der Waals surface area contributed by atoms with Gasteiger partial charge >= 0.3 is 12.1 Å². The normalized spacial score (nSPS) is 39.7. The van der Waals surface area contributed by atoms with E-state index in [0.29, 0.717) is 24.8 Å². The molecule has 1 N–H and O–H groups in total. The smallest absolute Gasteiger partial charge is 0.449 e. The van der Waals surface area contributed by atoms with Crippen LogP contribution in [-0.4, -0.2) is 40.8 Å². The van der Waals surface area contributed by atoms with Crippen LogP contribution in [0.15, 0.2) is 24.3 Å². The molecule has 0 amide bonds. The van der Waals surface area contributed by atoms with E-state index in [1.165, 1.54) is 11.1 Å². The molecular weight excluding hydrogens is 342 g/mol. The van der Waals surface area contributed by atoms with E-state index in [-0.39, 0.29) is 5.41 Å².